The minimum Gasteiger partial charge on any atom is -0.487 e. The number of nitrogens with one attached hydrogen (secondary N) is 1. The lowest BCUT2D eigenvalue weighted by Crippen LogP contribution is -2.27. The highest BCUT2D eigenvalue weighted by Gasteiger charge is 2.07. The summed E-state index contributed by atoms with van der Waals surface area (Å²) >= 11 is 0. The first kappa shape index (κ1) is 16.6. The lowest BCUT2D eigenvalue weighted by molar-refractivity contribution is -0.122. The van der Waals surface area contributed by atoms with Crippen molar-refractivity contribution in [2.45, 2.75) is 19.7 Å². The molecule has 0 saturated heterocycles. The SMILES string of the molecule is O=C(Cn1cc(COc2cccc(F)c2)nn1)NCc1ccccc1. The van der Waals surface area contributed by atoms with E-state index >= 15 is 0 Å². The van der Waals surface area contributed by atoms with Crippen LogP contribution >= 0.6 is 0 Å². The molecule has 0 aliphatic rings. The number of nitrogens with zero attached hydrogens (tertiary/aromatic N) is 3. The van der Waals surface area contributed by atoms with Gasteiger partial charge in [-0.15, -0.1) is 5.10 Å². The van der Waals surface area contributed by atoms with Gasteiger partial charge in [0, 0.05) is 12.6 Å². The van der Waals surface area contributed by atoms with E-state index in [0.717, 1.165) is 5.56 Å². The maximum atomic E-state index is 13.1. The molecule has 0 aliphatic heterocycles. The minimum absolute atomic E-state index is 0.0692. The molecule has 3 rings (SSSR count). The van der Waals surface area contributed by atoms with Crippen LogP contribution in [0.2, 0.25) is 0 Å². The van der Waals surface area contributed by atoms with Crippen LogP contribution in [-0.2, 0) is 24.5 Å². The quantitative estimate of drug-likeness (QED) is 0.717. The fourth-order valence-electron chi connectivity index (χ4n) is 2.20. The number of hydrogen-bond donors (Lipinski definition) is 1. The van der Waals surface area contributed by atoms with E-state index in [1.165, 1.54) is 16.8 Å². The summed E-state index contributed by atoms with van der Waals surface area (Å²) in [7, 11) is 0. The summed E-state index contributed by atoms with van der Waals surface area (Å²) in [5, 5.41) is 10.7. The second-order valence-corrected chi connectivity index (χ2v) is 5.42. The Morgan fingerprint density at radius 3 is 2.80 bits per heavy atom. The summed E-state index contributed by atoms with van der Waals surface area (Å²) in [5.74, 6) is -0.113. The third-order valence-electron chi connectivity index (χ3n) is 3.41. The minimum atomic E-state index is -0.365. The van der Waals surface area contributed by atoms with Crippen molar-refractivity contribution in [2.24, 2.45) is 0 Å². The lowest BCUT2D eigenvalue weighted by atomic mass is 10.2. The molecule has 0 radical (unpaired) electrons. The van der Waals surface area contributed by atoms with Crippen LogP contribution in [0.5, 0.6) is 5.75 Å². The van der Waals surface area contributed by atoms with E-state index in [1.807, 2.05) is 30.3 Å². The molecule has 1 aromatic heterocycles. The molecule has 6 nitrogen and oxygen atoms in total. The maximum Gasteiger partial charge on any atom is 0.242 e. The number of amides is 1. The van der Waals surface area contributed by atoms with Gasteiger partial charge < -0.3 is 10.1 Å². The molecule has 3 aromatic rings. The van der Waals surface area contributed by atoms with E-state index in [4.69, 9.17) is 4.74 Å². The Balaban J connectivity index is 1.47. The third-order valence-corrected chi connectivity index (χ3v) is 3.41. The normalized spacial score (nSPS) is 10.4. The zero-order valence-corrected chi connectivity index (χ0v) is 13.4. The summed E-state index contributed by atoms with van der Waals surface area (Å²) in [4.78, 5) is 11.9. The van der Waals surface area contributed by atoms with E-state index in [0.29, 0.717) is 18.0 Å². The van der Waals surface area contributed by atoms with Crippen LogP contribution in [0.15, 0.2) is 60.8 Å². The summed E-state index contributed by atoms with van der Waals surface area (Å²) < 4.78 is 20.0. The Hall–Kier alpha value is -3.22. The molecule has 0 unspecified atom stereocenters. The van der Waals surface area contributed by atoms with Crippen LogP contribution in [0, 0.1) is 5.82 Å². The Bertz CT molecular complexity index is 836. The molecular weight excluding hydrogens is 323 g/mol. The highest BCUT2D eigenvalue weighted by atomic mass is 19.1. The second-order valence-electron chi connectivity index (χ2n) is 5.42. The molecule has 2 aromatic carbocycles. The van der Waals surface area contributed by atoms with Crippen molar-refractivity contribution in [2.75, 3.05) is 0 Å². The van der Waals surface area contributed by atoms with Gasteiger partial charge in [0.05, 0.1) is 6.20 Å². The number of hydrogen-bond acceptors (Lipinski definition) is 4. The lowest BCUT2D eigenvalue weighted by Gasteiger charge is -2.05. The predicted octanol–water partition coefficient (Wildman–Crippen LogP) is 2.31. The molecule has 25 heavy (non-hydrogen) atoms. The van der Waals surface area contributed by atoms with Crippen LogP contribution in [0.25, 0.3) is 0 Å². The Labute approximate surface area is 144 Å². The first-order chi connectivity index (χ1) is 12.2. The number of benzene rings is 2. The second kappa shape index (κ2) is 8.05. The zero-order valence-electron chi connectivity index (χ0n) is 13.4. The van der Waals surface area contributed by atoms with Gasteiger partial charge in [0.2, 0.25) is 5.91 Å². The van der Waals surface area contributed by atoms with Crippen molar-refractivity contribution in [3.8, 4) is 5.75 Å². The van der Waals surface area contributed by atoms with Crippen molar-refractivity contribution in [3.63, 3.8) is 0 Å². The predicted molar refractivity (Wildman–Crippen MR) is 89.0 cm³/mol. The summed E-state index contributed by atoms with van der Waals surface area (Å²) in [6.45, 7) is 0.679. The Morgan fingerprint density at radius 2 is 2.00 bits per heavy atom. The number of rotatable bonds is 7. The van der Waals surface area contributed by atoms with Gasteiger partial charge in [-0.2, -0.15) is 0 Å². The largest absolute Gasteiger partial charge is 0.487 e. The monoisotopic (exact) mass is 340 g/mol. The van der Waals surface area contributed by atoms with Crippen molar-refractivity contribution in [1.29, 1.82) is 0 Å². The summed E-state index contributed by atoms with van der Waals surface area (Å²) in [6.07, 6.45) is 1.63. The number of ether oxygens (including phenoxy) is 1. The molecule has 1 amide bonds. The molecule has 7 heteroatoms. The Kier molecular flexibility index (Phi) is 5.36. The fraction of sp³-hybridized carbons (Fsp3) is 0.167. The van der Waals surface area contributed by atoms with Crippen LogP contribution in [0.4, 0.5) is 4.39 Å². The van der Waals surface area contributed by atoms with E-state index in [9.17, 15) is 9.18 Å². The van der Waals surface area contributed by atoms with Gasteiger partial charge in [-0.1, -0.05) is 41.6 Å². The smallest absolute Gasteiger partial charge is 0.242 e. The standard InChI is InChI=1S/C18H17FN4O2/c19-15-7-4-8-17(9-15)25-13-16-11-23(22-21-16)12-18(24)20-10-14-5-2-1-3-6-14/h1-9,11H,10,12-13H2,(H,20,24). The molecule has 0 saturated carbocycles. The molecule has 0 spiro atoms. The molecule has 0 atom stereocenters. The van der Waals surface area contributed by atoms with Gasteiger partial charge in [-0.3, -0.25) is 4.79 Å². The van der Waals surface area contributed by atoms with E-state index in [1.54, 1.807) is 18.3 Å². The van der Waals surface area contributed by atoms with Gasteiger partial charge in [0.1, 0.15) is 30.4 Å². The van der Waals surface area contributed by atoms with Crippen LogP contribution in [0.1, 0.15) is 11.3 Å². The van der Waals surface area contributed by atoms with Crippen molar-refractivity contribution in [3.05, 3.63) is 77.9 Å². The first-order valence-electron chi connectivity index (χ1n) is 7.77. The number of carbonyl (C=O) groups is 1. The average Bonchev–Trinajstić information content (AvgIpc) is 3.06. The van der Waals surface area contributed by atoms with E-state index in [2.05, 4.69) is 15.6 Å². The first-order valence-corrected chi connectivity index (χ1v) is 7.77. The topological polar surface area (TPSA) is 69.0 Å². The molecule has 128 valence electrons. The van der Waals surface area contributed by atoms with Gasteiger partial charge in [-0.05, 0) is 17.7 Å². The molecule has 1 heterocycles. The molecule has 1 N–H and O–H groups in total. The van der Waals surface area contributed by atoms with Crippen molar-refractivity contribution in [1.82, 2.24) is 20.3 Å². The maximum absolute atomic E-state index is 13.1. The third kappa shape index (κ3) is 5.13. The van der Waals surface area contributed by atoms with Gasteiger partial charge >= 0.3 is 0 Å². The summed E-state index contributed by atoms with van der Waals surface area (Å²) in [6, 6.07) is 15.5. The molecule has 0 bridgehead atoms. The molecule has 0 fully saturated rings. The molecule has 0 aliphatic carbocycles. The highest BCUT2D eigenvalue weighted by molar-refractivity contribution is 5.75. The number of carbonyl (C=O) groups excluding carboxylic acids is 1. The van der Waals surface area contributed by atoms with Crippen LogP contribution in [-0.4, -0.2) is 20.9 Å². The van der Waals surface area contributed by atoms with Crippen molar-refractivity contribution < 1.29 is 13.9 Å². The summed E-state index contributed by atoms with van der Waals surface area (Å²) in [5.41, 5.74) is 1.58. The highest BCUT2D eigenvalue weighted by Crippen LogP contribution is 2.13. The number of halogens is 1. The molecular formula is C18H17FN4O2. The Morgan fingerprint density at radius 1 is 1.16 bits per heavy atom. The van der Waals surface area contributed by atoms with Crippen LogP contribution < -0.4 is 10.1 Å². The van der Waals surface area contributed by atoms with Gasteiger partial charge in [0.15, 0.2) is 0 Å². The van der Waals surface area contributed by atoms with Crippen molar-refractivity contribution >= 4 is 5.91 Å². The van der Waals surface area contributed by atoms with Crippen LogP contribution in [0.3, 0.4) is 0 Å². The number of aromatic nitrogens is 3. The zero-order chi connectivity index (χ0) is 17.5. The van der Waals surface area contributed by atoms with Gasteiger partial charge in [0.25, 0.3) is 0 Å². The van der Waals surface area contributed by atoms with E-state index in [-0.39, 0.29) is 24.9 Å². The van der Waals surface area contributed by atoms with Gasteiger partial charge in [-0.25, -0.2) is 9.07 Å². The fourth-order valence-corrected chi connectivity index (χ4v) is 2.20. The average molecular weight is 340 g/mol. The van der Waals surface area contributed by atoms with E-state index < -0.39 is 0 Å².